The highest BCUT2D eigenvalue weighted by Crippen LogP contribution is 2.34. The van der Waals surface area contributed by atoms with Crippen molar-refractivity contribution in [1.82, 2.24) is 15.4 Å². The van der Waals surface area contributed by atoms with E-state index < -0.39 is 33.4 Å². The number of carbonyl (C=O) groups is 2. The topological polar surface area (TPSA) is 114 Å². The van der Waals surface area contributed by atoms with Gasteiger partial charge in [-0.15, -0.1) is 0 Å². The smallest absolute Gasteiger partial charge is 0.322 e. The Morgan fingerprint density at radius 1 is 0.923 bits per heavy atom. The Morgan fingerprint density at radius 2 is 1.51 bits per heavy atom. The highest BCUT2D eigenvalue weighted by molar-refractivity contribution is 7.89. The van der Waals surface area contributed by atoms with Crippen molar-refractivity contribution in [2.24, 2.45) is 5.92 Å². The summed E-state index contributed by atoms with van der Waals surface area (Å²) in [5.74, 6) is -1.20. The minimum Gasteiger partial charge on any atom is -0.465 e. The molecule has 0 aromatic heterocycles. The van der Waals surface area contributed by atoms with E-state index >= 15 is 0 Å². The van der Waals surface area contributed by atoms with Gasteiger partial charge in [-0.2, -0.15) is 0 Å². The third-order valence-corrected chi connectivity index (χ3v) is 8.60. The van der Waals surface area contributed by atoms with Gasteiger partial charge in [0.2, 0.25) is 15.9 Å². The molecule has 1 fully saturated rings. The maximum Gasteiger partial charge on any atom is 0.322 e. The van der Waals surface area contributed by atoms with Gasteiger partial charge in [-0.25, -0.2) is 13.1 Å². The van der Waals surface area contributed by atoms with Crippen LogP contribution in [0.3, 0.4) is 0 Å². The molecule has 0 saturated carbocycles. The second-order valence-corrected chi connectivity index (χ2v) is 11.5. The Kier molecular flexibility index (Phi) is 9.16. The van der Waals surface area contributed by atoms with Gasteiger partial charge in [0.1, 0.15) is 5.41 Å². The molecule has 206 valence electrons. The van der Waals surface area contributed by atoms with E-state index in [4.69, 9.17) is 4.74 Å². The van der Waals surface area contributed by atoms with E-state index in [0.29, 0.717) is 30.6 Å². The Morgan fingerprint density at radius 3 is 2.08 bits per heavy atom. The lowest BCUT2D eigenvalue weighted by Crippen LogP contribution is -2.54. The summed E-state index contributed by atoms with van der Waals surface area (Å²) < 4.78 is 34.1. The number of amides is 1. The number of carbonyl (C=O) groups excluding carboxylic acids is 2. The van der Waals surface area contributed by atoms with Gasteiger partial charge in [-0.1, -0.05) is 78.4 Å². The van der Waals surface area contributed by atoms with Crippen LogP contribution >= 0.6 is 0 Å². The number of sulfonamides is 1. The molecule has 39 heavy (non-hydrogen) atoms. The molecule has 9 heteroatoms. The van der Waals surface area contributed by atoms with Crippen LogP contribution in [0.15, 0.2) is 89.8 Å². The molecule has 1 amide bonds. The fourth-order valence-electron chi connectivity index (χ4n) is 4.98. The predicted molar refractivity (Wildman–Crippen MR) is 150 cm³/mol. The molecule has 1 saturated heterocycles. The molecule has 4 rings (SSSR count). The van der Waals surface area contributed by atoms with Crippen molar-refractivity contribution in [3.05, 3.63) is 102 Å². The second kappa shape index (κ2) is 12.5. The molecule has 3 aromatic carbocycles. The normalized spacial score (nSPS) is 17.8. The standard InChI is InChI=1S/C30H35N3O5S/c1-3-38-29(35)30(24-10-6-4-7-11-24,25-12-8-5-9-13-25)21-32-28(34)23-18-26(20-31-19-23)33-39(36,37)27-16-14-22(2)15-17-27/h4-17,23,26,31,33H,3,18-21H2,1-2H3,(H,32,34)/t23-,26+/m0/s1. The number of hydrogen-bond acceptors (Lipinski definition) is 6. The van der Waals surface area contributed by atoms with Gasteiger partial charge in [0, 0.05) is 25.7 Å². The highest BCUT2D eigenvalue weighted by Gasteiger charge is 2.44. The van der Waals surface area contributed by atoms with E-state index in [1.54, 1.807) is 31.2 Å². The lowest BCUT2D eigenvalue weighted by Gasteiger charge is -2.34. The summed E-state index contributed by atoms with van der Waals surface area (Å²) in [4.78, 5) is 27.2. The van der Waals surface area contributed by atoms with E-state index in [2.05, 4.69) is 15.4 Å². The number of rotatable bonds is 10. The molecule has 1 heterocycles. The van der Waals surface area contributed by atoms with Crippen molar-refractivity contribution in [1.29, 1.82) is 0 Å². The van der Waals surface area contributed by atoms with Gasteiger partial charge in [-0.05, 0) is 43.5 Å². The SMILES string of the molecule is CCOC(=O)C(CNC(=O)[C@@H]1CNC[C@H](NS(=O)(=O)c2ccc(C)cc2)C1)(c1ccccc1)c1ccccc1. The molecule has 2 atom stereocenters. The Hall–Kier alpha value is -3.53. The number of hydrogen-bond donors (Lipinski definition) is 3. The summed E-state index contributed by atoms with van der Waals surface area (Å²) in [5.41, 5.74) is 1.14. The van der Waals surface area contributed by atoms with Crippen LogP contribution in [0.5, 0.6) is 0 Å². The van der Waals surface area contributed by atoms with Crippen LogP contribution in [-0.4, -0.2) is 52.6 Å². The third-order valence-electron chi connectivity index (χ3n) is 7.06. The van der Waals surface area contributed by atoms with Crippen molar-refractivity contribution >= 4 is 21.9 Å². The predicted octanol–water partition coefficient (Wildman–Crippen LogP) is 2.92. The lowest BCUT2D eigenvalue weighted by atomic mass is 9.74. The summed E-state index contributed by atoms with van der Waals surface area (Å²) in [6.07, 6.45) is 0.326. The largest absolute Gasteiger partial charge is 0.465 e. The maximum absolute atomic E-state index is 13.6. The molecular weight excluding hydrogens is 514 g/mol. The molecule has 1 aliphatic rings. The summed E-state index contributed by atoms with van der Waals surface area (Å²) >= 11 is 0. The number of aryl methyl sites for hydroxylation is 1. The van der Waals surface area contributed by atoms with Gasteiger partial charge in [0.25, 0.3) is 0 Å². The number of nitrogens with one attached hydrogen (secondary N) is 3. The molecule has 1 aliphatic heterocycles. The van der Waals surface area contributed by atoms with Crippen LogP contribution in [0.4, 0.5) is 0 Å². The lowest BCUT2D eigenvalue weighted by molar-refractivity contribution is -0.148. The van der Waals surface area contributed by atoms with Crippen molar-refractivity contribution in [2.45, 2.75) is 36.6 Å². The second-order valence-electron chi connectivity index (χ2n) is 9.80. The Balaban J connectivity index is 1.52. The number of esters is 1. The fourth-order valence-corrected chi connectivity index (χ4v) is 6.23. The van der Waals surface area contributed by atoms with E-state index in [1.165, 1.54) is 0 Å². The van der Waals surface area contributed by atoms with Crippen LogP contribution in [0.2, 0.25) is 0 Å². The Labute approximate surface area is 230 Å². The van der Waals surface area contributed by atoms with Crippen molar-refractivity contribution in [2.75, 3.05) is 26.2 Å². The van der Waals surface area contributed by atoms with E-state index in [1.807, 2.05) is 67.6 Å². The maximum atomic E-state index is 13.6. The summed E-state index contributed by atoms with van der Waals surface area (Å²) in [6, 6.07) is 24.7. The van der Waals surface area contributed by atoms with E-state index in [-0.39, 0.29) is 24.0 Å². The zero-order chi connectivity index (χ0) is 27.9. The average molecular weight is 550 g/mol. The van der Waals surface area contributed by atoms with Crippen LogP contribution in [0.25, 0.3) is 0 Å². The molecule has 8 nitrogen and oxygen atoms in total. The Bertz CT molecular complexity index is 1320. The summed E-state index contributed by atoms with van der Waals surface area (Å²) in [5, 5.41) is 6.17. The molecule has 3 N–H and O–H groups in total. The molecule has 0 radical (unpaired) electrons. The number of benzene rings is 3. The molecule has 0 spiro atoms. The van der Waals surface area contributed by atoms with Gasteiger partial charge >= 0.3 is 5.97 Å². The first-order chi connectivity index (χ1) is 18.8. The molecule has 0 bridgehead atoms. The fraction of sp³-hybridized carbons (Fsp3) is 0.333. The quantitative estimate of drug-likeness (QED) is 0.335. The number of ether oxygens (including phenoxy) is 1. The van der Waals surface area contributed by atoms with Crippen molar-refractivity contribution < 1.29 is 22.7 Å². The van der Waals surface area contributed by atoms with Gasteiger partial charge in [-0.3, -0.25) is 9.59 Å². The van der Waals surface area contributed by atoms with Crippen LogP contribution in [0.1, 0.15) is 30.0 Å². The van der Waals surface area contributed by atoms with Gasteiger partial charge in [0.15, 0.2) is 0 Å². The third kappa shape index (κ3) is 6.55. The van der Waals surface area contributed by atoms with Crippen LogP contribution in [-0.2, 0) is 29.8 Å². The highest BCUT2D eigenvalue weighted by atomic mass is 32.2. The summed E-state index contributed by atoms with van der Waals surface area (Å²) in [6.45, 7) is 4.65. The molecule has 0 unspecified atom stereocenters. The zero-order valence-corrected chi connectivity index (χ0v) is 23.0. The van der Waals surface area contributed by atoms with Gasteiger partial charge in [0.05, 0.1) is 17.4 Å². The molecule has 0 aliphatic carbocycles. The van der Waals surface area contributed by atoms with Crippen molar-refractivity contribution in [3.63, 3.8) is 0 Å². The first kappa shape index (κ1) is 28.5. The summed E-state index contributed by atoms with van der Waals surface area (Å²) in [7, 11) is -3.73. The van der Waals surface area contributed by atoms with E-state index in [0.717, 1.165) is 5.56 Å². The zero-order valence-electron chi connectivity index (χ0n) is 22.2. The van der Waals surface area contributed by atoms with Gasteiger partial charge < -0.3 is 15.4 Å². The minimum atomic E-state index is -3.73. The van der Waals surface area contributed by atoms with E-state index in [9.17, 15) is 18.0 Å². The minimum absolute atomic E-state index is 0.00501. The first-order valence-electron chi connectivity index (χ1n) is 13.1. The van der Waals surface area contributed by atoms with Crippen LogP contribution in [0, 0.1) is 12.8 Å². The number of piperidine rings is 1. The molecular formula is C30H35N3O5S. The average Bonchev–Trinajstić information content (AvgIpc) is 2.95. The molecule has 3 aromatic rings. The van der Waals surface area contributed by atoms with Crippen LogP contribution < -0.4 is 15.4 Å². The first-order valence-corrected chi connectivity index (χ1v) is 14.6. The monoisotopic (exact) mass is 549 g/mol. The van der Waals surface area contributed by atoms with Crippen molar-refractivity contribution in [3.8, 4) is 0 Å².